The van der Waals surface area contributed by atoms with Gasteiger partial charge in [-0.1, -0.05) is 6.07 Å². The molecule has 168 valence electrons. The molecule has 1 aromatic carbocycles. The molecule has 3 rings (SSSR count). The van der Waals surface area contributed by atoms with Crippen molar-refractivity contribution in [2.24, 2.45) is 11.6 Å². The van der Waals surface area contributed by atoms with E-state index in [1.165, 1.54) is 30.6 Å². The van der Waals surface area contributed by atoms with Crippen molar-refractivity contribution in [2.75, 3.05) is 18.7 Å². The first kappa shape index (κ1) is 23.0. The van der Waals surface area contributed by atoms with Gasteiger partial charge in [0.2, 0.25) is 0 Å². The number of hydrogen-bond acceptors (Lipinski definition) is 10. The second kappa shape index (κ2) is 9.65. The van der Waals surface area contributed by atoms with E-state index in [-0.39, 0.29) is 25.2 Å². The van der Waals surface area contributed by atoms with Gasteiger partial charge in [-0.15, -0.1) is 0 Å². The molecule has 32 heavy (non-hydrogen) atoms. The molecule has 2 atom stereocenters. The molecule has 2 aromatic rings. The van der Waals surface area contributed by atoms with Gasteiger partial charge >= 0.3 is 5.97 Å². The summed E-state index contributed by atoms with van der Waals surface area (Å²) in [5.74, 6) is 6.37. The average molecular weight is 438 g/mol. The number of benzene rings is 1. The quantitative estimate of drug-likeness (QED) is 0.267. The Morgan fingerprint density at radius 2 is 2.28 bits per heavy atom. The molecule has 2 heterocycles. The van der Waals surface area contributed by atoms with Crippen LogP contribution < -0.4 is 26.6 Å². The lowest BCUT2D eigenvalue weighted by Gasteiger charge is -2.23. The normalized spacial score (nSPS) is 14.9. The molecule has 0 saturated heterocycles. The predicted molar refractivity (Wildman–Crippen MR) is 117 cm³/mol. The zero-order valence-electron chi connectivity index (χ0n) is 18.1. The number of ether oxygens (including phenoxy) is 2. The molecule has 0 aliphatic carbocycles. The van der Waals surface area contributed by atoms with Gasteiger partial charge in [-0.2, -0.15) is 5.26 Å². The standard InChI is InChI=1S/C22H26N6O4/c1-12-16(4-5-17-18(12)11-32-22(17)30)21(29)13(2)26-9-15(24)10-28(25)20-6-19(31-3)14(7-23)8-27-20/h4-6,8,10,13,21,26,29H,9,11,24-25H2,1-3H3/b15-10-. The maximum atomic E-state index is 11.7. The van der Waals surface area contributed by atoms with E-state index in [2.05, 4.69) is 10.3 Å². The number of carbonyl (C=O) groups excluding carboxylic acids is 1. The SMILES string of the molecule is COc1cc(N(N)/C=C(\N)CNC(C)C(O)c2ccc3c(c2C)COC3=O)ncc1C#N. The monoisotopic (exact) mass is 438 g/mol. The van der Waals surface area contributed by atoms with Crippen LogP contribution >= 0.6 is 0 Å². The maximum absolute atomic E-state index is 11.7. The van der Waals surface area contributed by atoms with Crippen LogP contribution in [-0.4, -0.2) is 35.8 Å². The van der Waals surface area contributed by atoms with Crippen molar-refractivity contribution in [1.82, 2.24) is 10.3 Å². The highest BCUT2D eigenvalue weighted by Gasteiger charge is 2.27. The van der Waals surface area contributed by atoms with E-state index in [0.717, 1.165) is 16.7 Å². The zero-order chi connectivity index (χ0) is 23.4. The zero-order valence-corrected chi connectivity index (χ0v) is 18.1. The lowest BCUT2D eigenvalue weighted by molar-refractivity contribution is 0.0535. The van der Waals surface area contributed by atoms with Crippen LogP contribution in [0, 0.1) is 18.3 Å². The van der Waals surface area contributed by atoms with Crippen LogP contribution in [0.25, 0.3) is 0 Å². The Labute approximate surface area is 186 Å². The number of hydrogen-bond donors (Lipinski definition) is 4. The number of rotatable bonds is 8. The summed E-state index contributed by atoms with van der Waals surface area (Å²) in [6, 6.07) is 6.61. The Balaban J connectivity index is 1.64. The number of cyclic esters (lactones) is 1. The number of carbonyl (C=O) groups is 1. The van der Waals surface area contributed by atoms with Crippen LogP contribution in [0.4, 0.5) is 5.82 Å². The molecule has 0 radical (unpaired) electrons. The average Bonchev–Trinajstić information content (AvgIpc) is 3.18. The summed E-state index contributed by atoms with van der Waals surface area (Å²) >= 11 is 0. The molecule has 0 fully saturated rings. The number of aromatic nitrogens is 1. The Morgan fingerprint density at radius 1 is 1.53 bits per heavy atom. The minimum Gasteiger partial charge on any atom is -0.495 e. The third kappa shape index (κ3) is 4.65. The number of aliphatic hydroxyl groups excluding tert-OH is 1. The lowest BCUT2D eigenvalue weighted by atomic mass is 9.93. The molecule has 0 saturated carbocycles. The summed E-state index contributed by atoms with van der Waals surface area (Å²) in [6.45, 7) is 4.18. The number of anilines is 1. The van der Waals surface area contributed by atoms with E-state index in [9.17, 15) is 9.90 Å². The number of aliphatic hydroxyl groups is 1. The number of nitrogens with one attached hydrogen (secondary N) is 1. The summed E-state index contributed by atoms with van der Waals surface area (Å²) < 4.78 is 10.2. The first-order valence-corrected chi connectivity index (χ1v) is 9.92. The van der Waals surface area contributed by atoms with Gasteiger partial charge in [0.05, 0.1) is 25.0 Å². The highest BCUT2D eigenvalue weighted by atomic mass is 16.5. The molecule has 2 unspecified atom stereocenters. The number of fused-ring (bicyclic) bond motifs is 1. The molecule has 0 bridgehead atoms. The molecule has 1 aliphatic heterocycles. The van der Waals surface area contributed by atoms with Gasteiger partial charge in [0.15, 0.2) is 5.82 Å². The molecular weight excluding hydrogens is 412 g/mol. The molecule has 6 N–H and O–H groups in total. The smallest absolute Gasteiger partial charge is 0.338 e. The van der Waals surface area contributed by atoms with Crippen molar-refractivity contribution in [3.63, 3.8) is 0 Å². The lowest BCUT2D eigenvalue weighted by Crippen LogP contribution is -2.36. The van der Waals surface area contributed by atoms with Gasteiger partial charge < -0.3 is 25.6 Å². The largest absolute Gasteiger partial charge is 0.495 e. The molecular formula is C22H26N6O4. The first-order valence-electron chi connectivity index (χ1n) is 9.92. The molecule has 10 nitrogen and oxygen atoms in total. The van der Waals surface area contributed by atoms with Crippen molar-refractivity contribution in [3.8, 4) is 11.8 Å². The Bertz CT molecular complexity index is 1090. The van der Waals surface area contributed by atoms with Gasteiger partial charge in [0.25, 0.3) is 0 Å². The second-order valence-electron chi connectivity index (χ2n) is 7.46. The minimum absolute atomic E-state index is 0.221. The fraction of sp³-hybridized carbons (Fsp3) is 0.318. The van der Waals surface area contributed by atoms with Crippen molar-refractivity contribution in [3.05, 3.63) is 64.1 Å². The van der Waals surface area contributed by atoms with Crippen LogP contribution in [0.5, 0.6) is 5.75 Å². The summed E-state index contributed by atoms with van der Waals surface area (Å²) in [6.07, 6.45) is 2.04. The molecule has 10 heteroatoms. The Hall–Kier alpha value is -3.65. The summed E-state index contributed by atoms with van der Waals surface area (Å²) in [4.78, 5) is 15.8. The third-order valence-electron chi connectivity index (χ3n) is 5.39. The van der Waals surface area contributed by atoms with Gasteiger partial charge in [0, 0.05) is 36.1 Å². The van der Waals surface area contributed by atoms with Gasteiger partial charge in [-0.3, -0.25) is 5.01 Å². The minimum atomic E-state index is -0.817. The van der Waals surface area contributed by atoms with Crippen LogP contribution in [0.2, 0.25) is 0 Å². The highest BCUT2D eigenvalue weighted by Crippen LogP contribution is 2.30. The van der Waals surface area contributed by atoms with Gasteiger partial charge in [0.1, 0.15) is 24.0 Å². The van der Waals surface area contributed by atoms with Gasteiger partial charge in [-0.25, -0.2) is 15.6 Å². The number of esters is 1. The summed E-state index contributed by atoms with van der Waals surface area (Å²) in [5.41, 5.74) is 9.69. The van der Waals surface area contributed by atoms with Crippen LogP contribution in [0.3, 0.4) is 0 Å². The number of nitriles is 1. The third-order valence-corrected chi connectivity index (χ3v) is 5.39. The number of nitrogens with two attached hydrogens (primary N) is 2. The highest BCUT2D eigenvalue weighted by molar-refractivity contribution is 5.93. The topological polar surface area (TPSA) is 160 Å². The van der Waals surface area contributed by atoms with E-state index in [1.54, 1.807) is 12.1 Å². The van der Waals surface area contributed by atoms with Crippen LogP contribution in [0.15, 0.2) is 36.3 Å². The van der Waals surface area contributed by atoms with Crippen LogP contribution in [-0.2, 0) is 11.3 Å². The number of hydrazine groups is 1. The van der Waals surface area contributed by atoms with Crippen molar-refractivity contribution >= 4 is 11.8 Å². The second-order valence-corrected chi connectivity index (χ2v) is 7.46. The molecule has 0 amide bonds. The van der Waals surface area contributed by atoms with E-state index in [1.807, 2.05) is 19.9 Å². The van der Waals surface area contributed by atoms with E-state index in [4.69, 9.17) is 26.3 Å². The number of nitrogens with zero attached hydrogens (tertiary/aromatic N) is 3. The van der Waals surface area contributed by atoms with Crippen molar-refractivity contribution in [1.29, 1.82) is 5.26 Å². The predicted octanol–water partition coefficient (Wildman–Crippen LogP) is 1.13. The Morgan fingerprint density at radius 3 is 2.97 bits per heavy atom. The van der Waals surface area contributed by atoms with E-state index in [0.29, 0.717) is 28.4 Å². The molecule has 1 aliphatic rings. The van der Waals surface area contributed by atoms with Crippen molar-refractivity contribution < 1.29 is 19.4 Å². The Kier molecular flexibility index (Phi) is 6.95. The van der Waals surface area contributed by atoms with Crippen molar-refractivity contribution in [2.45, 2.75) is 32.6 Å². The summed E-state index contributed by atoms with van der Waals surface area (Å²) in [7, 11) is 1.45. The van der Waals surface area contributed by atoms with E-state index < -0.39 is 6.10 Å². The summed E-state index contributed by atoms with van der Waals surface area (Å²) in [5, 5.41) is 24.3. The molecule has 0 spiro atoms. The van der Waals surface area contributed by atoms with E-state index >= 15 is 0 Å². The fourth-order valence-electron chi connectivity index (χ4n) is 3.46. The molecule has 1 aromatic heterocycles. The fourth-order valence-corrected chi connectivity index (χ4v) is 3.46. The van der Waals surface area contributed by atoms with Crippen LogP contribution in [0.1, 0.15) is 45.6 Å². The first-order chi connectivity index (χ1) is 15.3. The maximum Gasteiger partial charge on any atom is 0.338 e. The van der Waals surface area contributed by atoms with Gasteiger partial charge in [-0.05, 0) is 31.0 Å². The number of pyridine rings is 1. The number of methoxy groups -OCH3 is 1.